The zero-order valence-corrected chi connectivity index (χ0v) is 12.2. The average Bonchev–Trinajstić information content (AvgIpc) is 2.82. The van der Waals surface area contributed by atoms with Crippen LogP contribution < -0.4 is 5.32 Å². The van der Waals surface area contributed by atoms with Crippen LogP contribution in [-0.4, -0.2) is 0 Å². The molecule has 0 amide bonds. The van der Waals surface area contributed by atoms with Gasteiger partial charge >= 0.3 is 0 Å². The van der Waals surface area contributed by atoms with Gasteiger partial charge in [-0.25, -0.2) is 0 Å². The van der Waals surface area contributed by atoms with Crippen molar-refractivity contribution >= 4 is 11.3 Å². The molecule has 0 spiro atoms. The van der Waals surface area contributed by atoms with Crippen molar-refractivity contribution in [3.63, 3.8) is 0 Å². The summed E-state index contributed by atoms with van der Waals surface area (Å²) >= 11 is 1.75. The van der Waals surface area contributed by atoms with Crippen LogP contribution in [0, 0.1) is 0 Å². The van der Waals surface area contributed by atoms with Crippen molar-refractivity contribution in [2.75, 3.05) is 0 Å². The van der Waals surface area contributed by atoms with Crippen LogP contribution in [0.3, 0.4) is 0 Å². The molecule has 0 radical (unpaired) electrons. The van der Waals surface area contributed by atoms with Gasteiger partial charge in [-0.1, -0.05) is 45.0 Å². The zero-order chi connectivity index (χ0) is 13.0. The van der Waals surface area contributed by atoms with E-state index in [0.717, 1.165) is 13.1 Å². The lowest BCUT2D eigenvalue weighted by molar-refractivity contribution is 0.589. The normalized spacial score (nSPS) is 11.7. The maximum Gasteiger partial charge on any atom is 0.0216 e. The second kappa shape index (κ2) is 5.68. The van der Waals surface area contributed by atoms with Gasteiger partial charge in [-0.05, 0) is 38.9 Å². The molecule has 1 aromatic heterocycles. The van der Waals surface area contributed by atoms with Crippen molar-refractivity contribution in [3.8, 4) is 0 Å². The standard InChI is InChI=1S/C16H21NS/c1-16(2,3)15-6-4-13(5-7-15)10-17-11-14-8-9-18-12-14/h4-9,12,17H,10-11H2,1-3H3. The number of nitrogens with one attached hydrogen (secondary N) is 1. The van der Waals surface area contributed by atoms with Gasteiger partial charge < -0.3 is 5.32 Å². The molecule has 1 nitrogen and oxygen atoms in total. The minimum atomic E-state index is 0.239. The van der Waals surface area contributed by atoms with E-state index in [1.807, 2.05) is 0 Å². The highest BCUT2D eigenvalue weighted by atomic mass is 32.1. The van der Waals surface area contributed by atoms with E-state index in [0.29, 0.717) is 0 Å². The first kappa shape index (κ1) is 13.3. The van der Waals surface area contributed by atoms with Crippen LogP contribution in [0.1, 0.15) is 37.5 Å². The van der Waals surface area contributed by atoms with Crippen LogP contribution in [0.2, 0.25) is 0 Å². The van der Waals surface area contributed by atoms with E-state index < -0.39 is 0 Å². The van der Waals surface area contributed by atoms with Crippen LogP contribution >= 0.6 is 11.3 Å². The fraction of sp³-hybridized carbons (Fsp3) is 0.375. The number of rotatable bonds is 4. The summed E-state index contributed by atoms with van der Waals surface area (Å²) in [5.74, 6) is 0. The Morgan fingerprint density at radius 1 is 0.944 bits per heavy atom. The minimum absolute atomic E-state index is 0.239. The third kappa shape index (κ3) is 3.69. The SMILES string of the molecule is CC(C)(C)c1ccc(CNCc2ccsc2)cc1. The van der Waals surface area contributed by atoms with E-state index in [1.54, 1.807) is 11.3 Å². The highest BCUT2D eigenvalue weighted by Gasteiger charge is 2.12. The van der Waals surface area contributed by atoms with Crippen LogP contribution in [0.5, 0.6) is 0 Å². The fourth-order valence-electron chi connectivity index (χ4n) is 1.87. The molecule has 0 aliphatic carbocycles. The summed E-state index contributed by atoms with van der Waals surface area (Å²) in [5.41, 5.74) is 4.34. The fourth-order valence-corrected chi connectivity index (χ4v) is 2.54. The number of thiophene rings is 1. The van der Waals surface area contributed by atoms with Gasteiger partial charge in [0.05, 0.1) is 0 Å². The molecule has 2 heteroatoms. The van der Waals surface area contributed by atoms with E-state index >= 15 is 0 Å². The lowest BCUT2D eigenvalue weighted by atomic mass is 9.87. The quantitative estimate of drug-likeness (QED) is 0.861. The van der Waals surface area contributed by atoms with Crippen molar-refractivity contribution in [1.29, 1.82) is 0 Å². The molecular weight excluding hydrogens is 238 g/mol. The first-order chi connectivity index (χ1) is 8.55. The Bertz CT molecular complexity index is 463. The predicted octanol–water partition coefficient (Wildman–Crippen LogP) is 4.34. The second-order valence-corrected chi connectivity index (χ2v) is 6.46. The summed E-state index contributed by atoms with van der Waals surface area (Å²) in [6.45, 7) is 8.62. The van der Waals surface area contributed by atoms with E-state index in [-0.39, 0.29) is 5.41 Å². The van der Waals surface area contributed by atoms with Crippen molar-refractivity contribution in [2.24, 2.45) is 0 Å². The molecule has 0 unspecified atom stereocenters. The lowest BCUT2D eigenvalue weighted by Crippen LogP contribution is -2.13. The molecule has 1 aromatic carbocycles. The van der Waals surface area contributed by atoms with Crippen molar-refractivity contribution in [3.05, 3.63) is 57.8 Å². The predicted molar refractivity (Wildman–Crippen MR) is 80.0 cm³/mol. The summed E-state index contributed by atoms with van der Waals surface area (Å²) in [5, 5.41) is 7.78. The molecule has 96 valence electrons. The smallest absolute Gasteiger partial charge is 0.0216 e. The molecule has 0 atom stereocenters. The topological polar surface area (TPSA) is 12.0 Å². The maximum absolute atomic E-state index is 3.47. The van der Waals surface area contributed by atoms with Gasteiger partial charge in [0.15, 0.2) is 0 Å². The van der Waals surface area contributed by atoms with E-state index in [4.69, 9.17) is 0 Å². The molecule has 0 fully saturated rings. The molecule has 0 aliphatic heterocycles. The molecule has 2 rings (SSSR count). The van der Waals surface area contributed by atoms with Gasteiger partial charge in [0, 0.05) is 13.1 Å². The van der Waals surface area contributed by atoms with Gasteiger partial charge in [0.2, 0.25) is 0 Å². The highest BCUT2D eigenvalue weighted by Crippen LogP contribution is 2.22. The van der Waals surface area contributed by atoms with Crippen LogP contribution in [0.15, 0.2) is 41.1 Å². The van der Waals surface area contributed by atoms with Crippen molar-refractivity contribution in [2.45, 2.75) is 39.3 Å². The number of hydrogen-bond donors (Lipinski definition) is 1. The summed E-state index contributed by atoms with van der Waals surface area (Å²) < 4.78 is 0. The molecule has 0 aliphatic rings. The van der Waals surface area contributed by atoms with Crippen molar-refractivity contribution < 1.29 is 0 Å². The third-order valence-corrected chi connectivity index (χ3v) is 3.79. The first-order valence-corrected chi connectivity index (χ1v) is 7.31. The molecule has 0 bridgehead atoms. The van der Waals surface area contributed by atoms with Gasteiger partial charge in [-0.3, -0.25) is 0 Å². The maximum atomic E-state index is 3.47. The monoisotopic (exact) mass is 259 g/mol. The Labute approximate surface area is 114 Å². The molecule has 0 saturated heterocycles. The van der Waals surface area contributed by atoms with Gasteiger partial charge in [-0.2, -0.15) is 11.3 Å². The number of hydrogen-bond acceptors (Lipinski definition) is 2. The van der Waals surface area contributed by atoms with Crippen LogP contribution in [0.4, 0.5) is 0 Å². The number of benzene rings is 1. The lowest BCUT2D eigenvalue weighted by Gasteiger charge is -2.19. The summed E-state index contributed by atoms with van der Waals surface area (Å²) in [6.07, 6.45) is 0. The molecular formula is C16H21NS. The van der Waals surface area contributed by atoms with Crippen LogP contribution in [-0.2, 0) is 18.5 Å². The van der Waals surface area contributed by atoms with Gasteiger partial charge in [0.1, 0.15) is 0 Å². The van der Waals surface area contributed by atoms with E-state index in [9.17, 15) is 0 Å². The average molecular weight is 259 g/mol. The Morgan fingerprint density at radius 2 is 1.61 bits per heavy atom. The summed E-state index contributed by atoms with van der Waals surface area (Å²) in [7, 11) is 0. The molecule has 0 saturated carbocycles. The van der Waals surface area contributed by atoms with E-state index in [1.165, 1.54) is 16.7 Å². The summed E-state index contributed by atoms with van der Waals surface area (Å²) in [6, 6.07) is 11.1. The third-order valence-electron chi connectivity index (χ3n) is 3.06. The molecule has 1 heterocycles. The van der Waals surface area contributed by atoms with Crippen LogP contribution in [0.25, 0.3) is 0 Å². The van der Waals surface area contributed by atoms with E-state index in [2.05, 4.69) is 67.2 Å². The Hall–Kier alpha value is -1.12. The van der Waals surface area contributed by atoms with Crippen molar-refractivity contribution in [1.82, 2.24) is 5.32 Å². The highest BCUT2D eigenvalue weighted by molar-refractivity contribution is 7.07. The summed E-state index contributed by atoms with van der Waals surface area (Å²) in [4.78, 5) is 0. The Morgan fingerprint density at radius 3 is 2.17 bits per heavy atom. The largest absolute Gasteiger partial charge is 0.309 e. The Kier molecular flexibility index (Phi) is 4.20. The Balaban J connectivity index is 1.87. The molecule has 18 heavy (non-hydrogen) atoms. The van der Waals surface area contributed by atoms with Gasteiger partial charge in [-0.15, -0.1) is 0 Å². The zero-order valence-electron chi connectivity index (χ0n) is 11.4. The molecule has 1 N–H and O–H groups in total. The second-order valence-electron chi connectivity index (χ2n) is 5.68. The minimum Gasteiger partial charge on any atom is -0.309 e. The molecule has 2 aromatic rings. The first-order valence-electron chi connectivity index (χ1n) is 6.37. The van der Waals surface area contributed by atoms with Gasteiger partial charge in [0.25, 0.3) is 0 Å².